The summed E-state index contributed by atoms with van der Waals surface area (Å²) in [7, 11) is 0. The zero-order chi connectivity index (χ0) is 12.8. The Morgan fingerprint density at radius 2 is 2.11 bits per heavy atom. The Bertz CT molecular complexity index is 727. The summed E-state index contributed by atoms with van der Waals surface area (Å²) in [5.41, 5.74) is 4.01. The fourth-order valence-electron chi connectivity index (χ4n) is 2.99. The molecule has 0 saturated heterocycles. The molecule has 1 aromatic carbocycles. The molecule has 0 spiro atoms. The molecule has 19 heavy (non-hydrogen) atoms. The average molecular weight is 269 g/mol. The van der Waals surface area contributed by atoms with Gasteiger partial charge in [-0.2, -0.15) is 5.10 Å². The normalized spacial score (nSPS) is 18.7. The number of fused-ring (bicyclic) bond motifs is 3. The van der Waals surface area contributed by atoms with Crippen molar-refractivity contribution in [3.05, 3.63) is 52.3 Å². The number of aryl methyl sites for hydroxylation is 2. The lowest BCUT2D eigenvalue weighted by molar-refractivity contribution is 0.561. The number of hydrogen-bond acceptors (Lipinski definition) is 3. The first-order valence-electron chi connectivity index (χ1n) is 6.70. The lowest BCUT2D eigenvalue weighted by Crippen LogP contribution is -2.14. The van der Waals surface area contributed by atoms with Crippen LogP contribution in [0.5, 0.6) is 0 Å². The third-order valence-corrected chi connectivity index (χ3v) is 4.74. The second-order valence-electron chi connectivity index (χ2n) is 5.17. The highest BCUT2D eigenvalue weighted by Gasteiger charge is 2.25. The summed E-state index contributed by atoms with van der Waals surface area (Å²) < 4.78 is 2.06. The van der Waals surface area contributed by atoms with Gasteiger partial charge in [-0.3, -0.25) is 0 Å². The first-order valence-corrected chi connectivity index (χ1v) is 7.52. The van der Waals surface area contributed by atoms with Crippen molar-refractivity contribution >= 4 is 16.3 Å². The molecule has 0 bridgehead atoms. The van der Waals surface area contributed by atoms with E-state index < -0.39 is 0 Å². The number of benzene rings is 1. The number of nitrogens with zero attached hydrogens (tertiary/aromatic N) is 3. The molecule has 3 aromatic rings. The van der Waals surface area contributed by atoms with E-state index in [9.17, 15) is 0 Å². The van der Waals surface area contributed by atoms with E-state index in [-0.39, 0.29) is 0 Å². The minimum atomic E-state index is 0.607. The Labute approximate surface area is 115 Å². The van der Waals surface area contributed by atoms with Crippen LogP contribution < -0.4 is 0 Å². The molecular formula is C15H15N3S. The molecule has 1 aliphatic carbocycles. The molecular weight excluding hydrogens is 254 g/mol. The maximum Gasteiger partial charge on any atom is 0.212 e. The van der Waals surface area contributed by atoms with Crippen molar-refractivity contribution in [1.29, 1.82) is 0 Å². The minimum Gasteiger partial charge on any atom is -0.222 e. The first-order chi connectivity index (χ1) is 9.31. The highest BCUT2D eigenvalue weighted by molar-refractivity contribution is 7.16. The van der Waals surface area contributed by atoms with E-state index in [1.54, 1.807) is 11.3 Å². The predicted molar refractivity (Wildman–Crippen MR) is 76.8 cm³/mol. The van der Waals surface area contributed by atoms with E-state index in [1.807, 2.05) is 6.92 Å². The van der Waals surface area contributed by atoms with Crippen LogP contribution in [0.25, 0.3) is 4.96 Å². The molecule has 1 unspecified atom stereocenters. The Hall–Kier alpha value is -1.68. The maximum atomic E-state index is 4.72. The Morgan fingerprint density at radius 3 is 2.95 bits per heavy atom. The van der Waals surface area contributed by atoms with Crippen LogP contribution in [0.4, 0.5) is 0 Å². The molecule has 0 fully saturated rings. The highest BCUT2D eigenvalue weighted by Crippen LogP contribution is 2.33. The topological polar surface area (TPSA) is 30.2 Å². The van der Waals surface area contributed by atoms with Crippen molar-refractivity contribution in [2.24, 2.45) is 0 Å². The van der Waals surface area contributed by atoms with Gasteiger partial charge < -0.3 is 0 Å². The summed E-state index contributed by atoms with van der Waals surface area (Å²) in [4.78, 5) is 5.77. The minimum absolute atomic E-state index is 0.607. The van der Waals surface area contributed by atoms with E-state index in [0.29, 0.717) is 5.92 Å². The molecule has 1 aliphatic rings. The van der Waals surface area contributed by atoms with Gasteiger partial charge in [-0.25, -0.2) is 9.50 Å². The monoisotopic (exact) mass is 269 g/mol. The van der Waals surface area contributed by atoms with Gasteiger partial charge in [0.25, 0.3) is 0 Å². The molecule has 1 atom stereocenters. The van der Waals surface area contributed by atoms with Gasteiger partial charge in [-0.1, -0.05) is 41.7 Å². The fourth-order valence-corrected chi connectivity index (χ4v) is 3.77. The first kappa shape index (κ1) is 11.2. The third kappa shape index (κ3) is 1.78. The van der Waals surface area contributed by atoms with Gasteiger partial charge in [0.1, 0.15) is 5.01 Å². The zero-order valence-corrected chi connectivity index (χ0v) is 11.7. The van der Waals surface area contributed by atoms with Crippen molar-refractivity contribution in [2.45, 2.75) is 32.1 Å². The molecule has 2 aromatic heterocycles. The van der Waals surface area contributed by atoms with Gasteiger partial charge in [0.2, 0.25) is 4.96 Å². The maximum absolute atomic E-state index is 4.72. The smallest absolute Gasteiger partial charge is 0.212 e. The quantitative estimate of drug-likeness (QED) is 0.678. The number of hydrogen-bond donors (Lipinski definition) is 0. The van der Waals surface area contributed by atoms with Gasteiger partial charge in [0, 0.05) is 0 Å². The SMILES string of the molecule is Cc1nn2c3c(nc2s1)CCC(c1ccccc1)C3. The number of rotatable bonds is 1. The molecule has 2 heterocycles. The summed E-state index contributed by atoms with van der Waals surface area (Å²) in [6, 6.07) is 10.8. The summed E-state index contributed by atoms with van der Waals surface area (Å²) in [6.45, 7) is 2.04. The number of imidazole rings is 1. The molecule has 0 saturated carbocycles. The van der Waals surface area contributed by atoms with Crippen LogP contribution in [-0.2, 0) is 12.8 Å². The van der Waals surface area contributed by atoms with E-state index >= 15 is 0 Å². The third-order valence-electron chi connectivity index (χ3n) is 3.92. The van der Waals surface area contributed by atoms with E-state index in [0.717, 1.165) is 22.8 Å². The van der Waals surface area contributed by atoms with Crippen LogP contribution in [0.2, 0.25) is 0 Å². The largest absolute Gasteiger partial charge is 0.222 e. The van der Waals surface area contributed by atoms with Crippen molar-refractivity contribution in [3.63, 3.8) is 0 Å². The van der Waals surface area contributed by atoms with Crippen LogP contribution in [-0.4, -0.2) is 14.6 Å². The van der Waals surface area contributed by atoms with Crippen molar-refractivity contribution in [2.75, 3.05) is 0 Å². The highest BCUT2D eigenvalue weighted by atomic mass is 32.1. The van der Waals surface area contributed by atoms with Gasteiger partial charge in [0.15, 0.2) is 0 Å². The molecule has 4 rings (SSSR count). The van der Waals surface area contributed by atoms with Crippen molar-refractivity contribution in [3.8, 4) is 0 Å². The Morgan fingerprint density at radius 1 is 1.26 bits per heavy atom. The van der Waals surface area contributed by atoms with Crippen LogP contribution in [0.1, 0.15) is 34.3 Å². The second-order valence-corrected chi connectivity index (χ2v) is 6.33. The van der Waals surface area contributed by atoms with E-state index in [2.05, 4.69) is 39.9 Å². The Balaban J connectivity index is 1.76. The Kier molecular flexibility index (Phi) is 2.45. The zero-order valence-electron chi connectivity index (χ0n) is 10.8. The van der Waals surface area contributed by atoms with Gasteiger partial charge >= 0.3 is 0 Å². The summed E-state index contributed by atoms with van der Waals surface area (Å²) in [6.07, 6.45) is 3.33. The summed E-state index contributed by atoms with van der Waals surface area (Å²) in [5, 5.41) is 5.68. The molecule has 0 radical (unpaired) electrons. The molecule has 0 aliphatic heterocycles. The van der Waals surface area contributed by atoms with Gasteiger partial charge in [-0.15, -0.1) is 0 Å². The fraction of sp³-hybridized carbons (Fsp3) is 0.333. The molecule has 4 heteroatoms. The van der Waals surface area contributed by atoms with Crippen LogP contribution in [0, 0.1) is 6.92 Å². The van der Waals surface area contributed by atoms with Crippen molar-refractivity contribution in [1.82, 2.24) is 14.6 Å². The molecule has 96 valence electrons. The molecule has 0 amide bonds. The lowest BCUT2D eigenvalue weighted by atomic mass is 9.84. The predicted octanol–water partition coefficient (Wildman–Crippen LogP) is 3.37. The van der Waals surface area contributed by atoms with Gasteiger partial charge in [0.05, 0.1) is 11.4 Å². The summed E-state index contributed by atoms with van der Waals surface area (Å²) >= 11 is 1.68. The molecule has 0 N–H and O–H groups in total. The van der Waals surface area contributed by atoms with Crippen LogP contribution in [0.15, 0.2) is 30.3 Å². The van der Waals surface area contributed by atoms with E-state index in [4.69, 9.17) is 4.98 Å². The molecule has 3 nitrogen and oxygen atoms in total. The van der Waals surface area contributed by atoms with Crippen LogP contribution >= 0.6 is 11.3 Å². The standard InChI is InChI=1S/C15H15N3S/c1-10-17-18-14-9-12(11-5-3-2-4-6-11)7-8-13(14)16-15(18)19-10/h2-6,12H,7-9H2,1H3. The van der Waals surface area contributed by atoms with E-state index in [1.165, 1.54) is 23.4 Å². The van der Waals surface area contributed by atoms with Crippen molar-refractivity contribution < 1.29 is 0 Å². The summed E-state index contributed by atoms with van der Waals surface area (Å²) in [5.74, 6) is 0.607. The lowest BCUT2D eigenvalue weighted by Gasteiger charge is -2.21. The van der Waals surface area contributed by atoms with Crippen LogP contribution in [0.3, 0.4) is 0 Å². The average Bonchev–Trinajstić information content (AvgIpc) is 2.95. The number of aromatic nitrogens is 3. The van der Waals surface area contributed by atoms with Gasteiger partial charge in [-0.05, 0) is 37.7 Å². The second kappa shape index (κ2) is 4.17.